The Kier molecular flexibility index (Phi) is 6.16. The van der Waals surface area contributed by atoms with Gasteiger partial charge in [0.2, 0.25) is 10.0 Å². The molecule has 7 heteroatoms. The van der Waals surface area contributed by atoms with Crippen LogP contribution in [0.1, 0.15) is 20.8 Å². The average molecular weight is 258 g/mol. The monoisotopic (exact) mass is 257 g/mol. The highest BCUT2D eigenvalue weighted by molar-refractivity contribution is 7.90. The molecule has 0 aromatic carbocycles. The summed E-state index contributed by atoms with van der Waals surface area (Å²) in [4.78, 5) is 11.1. The smallest absolute Gasteiger partial charge is 0.321 e. The molecule has 0 aliphatic carbocycles. The third-order valence-corrected chi connectivity index (χ3v) is 4.03. The molecular weight excluding hydrogens is 242 g/mol. The zero-order valence-electron chi connectivity index (χ0n) is 9.07. The number of esters is 1. The molecule has 15 heavy (non-hydrogen) atoms. The van der Waals surface area contributed by atoms with E-state index in [1.165, 1.54) is 0 Å². The Morgan fingerprint density at radius 1 is 1.47 bits per heavy atom. The van der Waals surface area contributed by atoms with Crippen LogP contribution in [0.3, 0.4) is 0 Å². The fraction of sp³-hybridized carbons (Fsp3) is 0.875. The van der Waals surface area contributed by atoms with Crippen molar-refractivity contribution in [3.05, 3.63) is 0 Å². The summed E-state index contributed by atoms with van der Waals surface area (Å²) in [5.41, 5.74) is 0. The van der Waals surface area contributed by atoms with Crippen molar-refractivity contribution in [2.45, 2.75) is 26.8 Å². The van der Waals surface area contributed by atoms with Gasteiger partial charge in [0.25, 0.3) is 0 Å². The molecule has 5 nitrogen and oxygen atoms in total. The summed E-state index contributed by atoms with van der Waals surface area (Å²) >= 11 is 5.31. The maximum absolute atomic E-state index is 11.5. The van der Waals surface area contributed by atoms with Crippen LogP contribution in [0.4, 0.5) is 0 Å². The normalized spacial score (nSPS) is 12.1. The van der Waals surface area contributed by atoms with Gasteiger partial charge >= 0.3 is 5.97 Å². The third-order valence-electron chi connectivity index (χ3n) is 1.66. The zero-order valence-corrected chi connectivity index (χ0v) is 10.6. The molecule has 0 amide bonds. The van der Waals surface area contributed by atoms with E-state index in [9.17, 15) is 13.2 Å². The molecule has 0 saturated carbocycles. The lowest BCUT2D eigenvalue weighted by atomic mass is 10.4. The number of alkyl halides is 1. The number of ether oxygens (including phenoxy) is 1. The average Bonchev–Trinajstić information content (AvgIpc) is 2.14. The van der Waals surface area contributed by atoms with Crippen LogP contribution >= 0.6 is 11.6 Å². The molecule has 0 rings (SSSR count). The third kappa shape index (κ3) is 4.81. The summed E-state index contributed by atoms with van der Waals surface area (Å²) in [6.45, 7) is 4.94. The lowest BCUT2D eigenvalue weighted by Crippen LogP contribution is -2.41. The van der Waals surface area contributed by atoms with Gasteiger partial charge in [0.1, 0.15) is 11.8 Å². The van der Waals surface area contributed by atoms with Crippen LogP contribution in [0.15, 0.2) is 0 Å². The van der Waals surface area contributed by atoms with Gasteiger partial charge in [-0.3, -0.25) is 4.79 Å². The first kappa shape index (κ1) is 14.7. The van der Waals surface area contributed by atoms with Crippen molar-refractivity contribution in [2.24, 2.45) is 0 Å². The largest absolute Gasteiger partial charge is 0.465 e. The van der Waals surface area contributed by atoms with Crippen molar-refractivity contribution in [3.63, 3.8) is 0 Å². The molecule has 0 bridgehead atoms. The van der Waals surface area contributed by atoms with E-state index >= 15 is 0 Å². The highest BCUT2D eigenvalue weighted by Crippen LogP contribution is 2.09. The molecule has 0 saturated heterocycles. The van der Waals surface area contributed by atoms with E-state index in [0.29, 0.717) is 0 Å². The molecular formula is C8H16ClNO4S. The predicted octanol–water partition coefficient (Wildman–Crippen LogP) is 0.786. The van der Waals surface area contributed by atoms with Gasteiger partial charge in [0.15, 0.2) is 0 Å². The number of halogens is 1. The van der Waals surface area contributed by atoms with E-state index in [1.807, 2.05) is 0 Å². The second-order valence-electron chi connectivity index (χ2n) is 3.16. The second-order valence-corrected chi connectivity index (χ2v) is 5.67. The Morgan fingerprint density at radius 2 is 2.00 bits per heavy atom. The van der Waals surface area contributed by atoms with E-state index < -0.39 is 21.2 Å². The highest BCUT2D eigenvalue weighted by Gasteiger charge is 2.26. The number of rotatable bonds is 6. The van der Waals surface area contributed by atoms with Crippen molar-refractivity contribution < 1.29 is 17.9 Å². The Bertz CT molecular complexity index is 302. The molecule has 0 aliphatic heterocycles. The van der Waals surface area contributed by atoms with E-state index in [4.69, 9.17) is 11.6 Å². The van der Waals surface area contributed by atoms with Gasteiger partial charge in [-0.2, -0.15) is 4.31 Å². The SMILES string of the molecule is CCOC(=O)CN(C(C)C)S(=O)(=O)CCl. The minimum Gasteiger partial charge on any atom is -0.465 e. The number of hydrogen-bond donors (Lipinski definition) is 0. The van der Waals surface area contributed by atoms with Gasteiger partial charge in [0, 0.05) is 6.04 Å². The topological polar surface area (TPSA) is 63.7 Å². The van der Waals surface area contributed by atoms with Gasteiger partial charge in [0.05, 0.1) is 6.61 Å². The summed E-state index contributed by atoms with van der Waals surface area (Å²) in [6, 6.07) is -0.321. The number of carbonyl (C=O) groups is 1. The van der Waals surface area contributed by atoms with Crippen molar-refractivity contribution in [3.8, 4) is 0 Å². The molecule has 0 fully saturated rings. The van der Waals surface area contributed by atoms with E-state index in [0.717, 1.165) is 4.31 Å². The number of nitrogens with zero attached hydrogens (tertiary/aromatic N) is 1. The number of carbonyl (C=O) groups excluding carboxylic acids is 1. The number of hydrogen-bond acceptors (Lipinski definition) is 4. The van der Waals surface area contributed by atoms with Gasteiger partial charge < -0.3 is 4.74 Å². The molecule has 0 radical (unpaired) electrons. The predicted molar refractivity (Wildman–Crippen MR) is 58.1 cm³/mol. The van der Waals surface area contributed by atoms with Crippen LogP contribution in [-0.4, -0.2) is 43.1 Å². The van der Waals surface area contributed by atoms with Crippen LogP contribution in [0.25, 0.3) is 0 Å². The van der Waals surface area contributed by atoms with Crippen LogP contribution in [0, 0.1) is 0 Å². The Hall–Kier alpha value is -0.330. The van der Waals surface area contributed by atoms with E-state index in [-0.39, 0.29) is 19.2 Å². The molecule has 90 valence electrons. The Balaban J connectivity index is 4.64. The maximum atomic E-state index is 11.5. The van der Waals surface area contributed by atoms with Gasteiger partial charge in [-0.1, -0.05) is 0 Å². The fourth-order valence-corrected chi connectivity index (χ4v) is 2.44. The lowest BCUT2D eigenvalue weighted by molar-refractivity contribution is -0.143. The molecule has 0 heterocycles. The van der Waals surface area contributed by atoms with Crippen LogP contribution in [-0.2, 0) is 19.6 Å². The minimum absolute atomic E-state index is 0.228. The zero-order chi connectivity index (χ0) is 12.1. The van der Waals surface area contributed by atoms with Gasteiger partial charge in [-0.25, -0.2) is 8.42 Å². The number of sulfonamides is 1. The van der Waals surface area contributed by atoms with Crippen LogP contribution in [0.5, 0.6) is 0 Å². The van der Waals surface area contributed by atoms with Crippen LogP contribution < -0.4 is 0 Å². The molecule has 0 unspecified atom stereocenters. The highest BCUT2D eigenvalue weighted by atomic mass is 35.5. The van der Waals surface area contributed by atoms with Crippen molar-refractivity contribution in [1.29, 1.82) is 0 Å². The molecule has 0 N–H and O–H groups in total. The van der Waals surface area contributed by atoms with Crippen molar-refractivity contribution in [2.75, 3.05) is 18.4 Å². The van der Waals surface area contributed by atoms with E-state index in [1.54, 1.807) is 20.8 Å². The molecule has 0 aromatic rings. The minimum atomic E-state index is -3.57. The maximum Gasteiger partial charge on any atom is 0.321 e. The first-order chi connectivity index (χ1) is 6.85. The molecule has 0 spiro atoms. The van der Waals surface area contributed by atoms with Gasteiger partial charge in [-0.15, -0.1) is 11.6 Å². The van der Waals surface area contributed by atoms with E-state index in [2.05, 4.69) is 4.74 Å². The molecule has 0 aliphatic rings. The standard InChI is InChI=1S/C8H16ClNO4S/c1-4-14-8(11)5-10(7(2)3)15(12,13)6-9/h7H,4-6H2,1-3H3. The Morgan fingerprint density at radius 3 is 2.33 bits per heavy atom. The first-order valence-corrected chi connectivity index (χ1v) is 6.70. The summed E-state index contributed by atoms with van der Waals surface area (Å²) < 4.78 is 28.6. The molecule has 0 atom stereocenters. The molecule has 0 aromatic heterocycles. The summed E-state index contributed by atoms with van der Waals surface area (Å²) in [5, 5.41) is -0.537. The van der Waals surface area contributed by atoms with Crippen molar-refractivity contribution >= 4 is 27.6 Å². The first-order valence-electron chi connectivity index (χ1n) is 4.56. The van der Waals surface area contributed by atoms with Gasteiger partial charge in [-0.05, 0) is 20.8 Å². The quantitative estimate of drug-likeness (QED) is 0.521. The summed E-state index contributed by atoms with van der Waals surface area (Å²) in [6.07, 6.45) is 0. The Labute approximate surface area is 95.4 Å². The van der Waals surface area contributed by atoms with Crippen molar-refractivity contribution in [1.82, 2.24) is 4.31 Å². The second kappa shape index (κ2) is 6.30. The van der Waals surface area contributed by atoms with Crippen LogP contribution in [0.2, 0.25) is 0 Å². The fourth-order valence-electron chi connectivity index (χ4n) is 0.999. The summed E-state index contributed by atoms with van der Waals surface area (Å²) in [5.74, 6) is -0.570. The summed E-state index contributed by atoms with van der Waals surface area (Å²) in [7, 11) is -3.57. The lowest BCUT2D eigenvalue weighted by Gasteiger charge is -2.23.